The van der Waals surface area contributed by atoms with E-state index in [1.807, 2.05) is 6.92 Å². The molecule has 2 aliphatic rings. The van der Waals surface area contributed by atoms with Crippen LogP contribution in [0.25, 0.3) is 0 Å². The minimum Gasteiger partial charge on any atom is -0.481 e. The molecule has 0 saturated carbocycles. The first-order valence-corrected chi connectivity index (χ1v) is 7.91. The van der Waals surface area contributed by atoms with Crippen molar-refractivity contribution in [3.05, 3.63) is 17.6 Å². The quantitative estimate of drug-likeness (QED) is 0.847. The average molecular weight is 289 g/mol. The summed E-state index contributed by atoms with van der Waals surface area (Å²) in [6.45, 7) is 3.29. The number of aromatic nitrogens is 2. The lowest BCUT2D eigenvalue weighted by Gasteiger charge is -2.39. The molecular weight excluding hydrogens is 266 g/mol. The highest BCUT2D eigenvalue weighted by Gasteiger charge is 2.39. The van der Waals surface area contributed by atoms with Crippen LogP contribution >= 0.6 is 0 Å². The molecule has 5 heteroatoms. The highest BCUT2D eigenvalue weighted by molar-refractivity contribution is 5.75. The van der Waals surface area contributed by atoms with E-state index in [0.717, 1.165) is 38.0 Å². The molecule has 0 bridgehead atoms. The predicted octanol–water partition coefficient (Wildman–Crippen LogP) is 2.44. The van der Waals surface area contributed by atoms with Gasteiger partial charge in [-0.15, -0.1) is 0 Å². The molecule has 1 aromatic heterocycles. The predicted molar refractivity (Wildman–Crippen MR) is 80.5 cm³/mol. The van der Waals surface area contributed by atoms with Crippen molar-refractivity contribution in [2.24, 2.45) is 5.41 Å². The zero-order valence-corrected chi connectivity index (χ0v) is 12.6. The van der Waals surface area contributed by atoms with Gasteiger partial charge in [0.05, 0.1) is 5.41 Å². The van der Waals surface area contributed by atoms with Gasteiger partial charge in [0.1, 0.15) is 12.1 Å². The third-order valence-corrected chi connectivity index (χ3v) is 4.86. The Morgan fingerprint density at radius 2 is 2.05 bits per heavy atom. The highest BCUT2D eigenvalue weighted by Crippen LogP contribution is 2.34. The smallest absolute Gasteiger partial charge is 0.311 e. The fourth-order valence-corrected chi connectivity index (χ4v) is 3.55. The van der Waals surface area contributed by atoms with Crippen LogP contribution < -0.4 is 4.90 Å². The summed E-state index contributed by atoms with van der Waals surface area (Å²) in [6, 6.07) is 0. The van der Waals surface area contributed by atoms with E-state index < -0.39 is 11.4 Å². The standard InChI is InChI=1S/C16H23N3O2/c1-16(15(20)21)8-5-9-19(10-16)14-12-6-3-2-4-7-13(12)17-11-18-14/h11H,2-10H2,1H3,(H,20,21). The molecule has 1 aromatic rings. The monoisotopic (exact) mass is 289 g/mol. The van der Waals surface area contributed by atoms with Crippen LogP contribution in [-0.2, 0) is 17.6 Å². The number of piperidine rings is 1. The number of hydrogen-bond donors (Lipinski definition) is 1. The molecule has 2 heterocycles. The molecule has 1 saturated heterocycles. The Kier molecular flexibility index (Phi) is 3.83. The molecule has 0 amide bonds. The highest BCUT2D eigenvalue weighted by atomic mass is 16.4. The Bertz CT molecular complexity index is 546. The molecule has 5 nitrogen and oxygen atoms in total. The number of carboxylic acid groups (broad SMARTS) is 1. The van der Waals surface area contributed by atoms with Crippen LogP contribution in [0.4, 0.5) is 5.82 Å². The molecule has 1 N–H and O–H groups in total. The molecule has 1 atom stereocenters. The second kappa shape index (κ2) is 5.62. The van der Waals surface area contributed by atoms with Gasteiger partial charge in [0.25, 0.3) is 0 Å². The van der Waals surface area contributed by atoms with E-state index in [-0.39, 0.29) is 0 Å². The first-order chi connectivity index (χ1) is 10.1. The number of carboxylic acids is 1. The van der Waals surface area contributed by atoms with E-state index in [1.54, 1.807) is 6.33 Å². The zero-order valence-electron chi connectivity index (χ0n) is 12.6. The number of aliphatic carboxylic acids is 1. The minimum absolute atomic E-state index is 0.547. The maximum Gasteiger partial charge on any atom is 0.311 e. The van der Waals surface area contributed by atoms with Crippen LogP contribution in [0.5, 0.6) is 0 Å². The van der Waals surface area contributed by atoms with Gasteiger partial charge in [-0.25, -0.2) is 9.97 Å². The molecule has 1 aliphatic carbocycles. The molecule has 21 heavy (non-hydrogen) atoms. The molecule has 1 fully saturated rings. The Morgan fingerprint density at radius 3 is 2.86 bits per heavy atom. The van der Waals surface area contributed by atoms with Gasteiger partial charge in [0, 0.05) is 24.3 Å². The second-order valence-corrected chi connectivity index (χ2v) is 6.57. The number of anilines is 1. The van der Waals surface area contributed by atoms with Gasteiger partial charge in [-0.05, 0) is 45.4 Å². The van der Waals surface area contributed by atoms with Gasteiger partial charge in [-0.1, -0.05) is 6.42 Å². The Labute approximate surface area is 125 Å². The van der Waals surface area contributed by atoms with Crippen molar-refractivity contribution in [3.8, 4) is 0 Å². The normalized spacial score (nSPS) is 26.0. The van der Waals surface area contributed by atoms with E-state index in [1.165, 1.54) is 30.5 Å². The number of fused-ring (bicyclic) bond motifs is 1. The largest absolute Gasteiger partial charge is 0.481 e. The summed E-state index contributed by atoms with van der Waals surface area (Å²) >= 11 is 0. The Hall–Kier alpha value is -1.65. The fourth-order valence-electron chi connectivity index (χ4n) is 3.55. The second-order valence-electron chi connectivity index (χ2n) is 6.57. The zero-order chi connectivity index (χ0) is 14.9. The maximum absolute atomic E-state index is 11.5. The van der Waals surface area contributed by atoms with Crippen LogP contribution in [0.3, 0.4) is 0 Å². The third-order valence-electron chi connectivity index (χ3n) is 4.86. The topological polar surface area (TPSA) is 66.3 Å². The first-order valence-electron chi connectivity index (χ1n) is 7.91. The van der Waals surface area contributed by atoms with Crippen molar-refractivity contribution >= 4 is 11.8 Å². The average Bonchev–Trinajstić information content (AvgIpc) is 2.72. The van der Waals surface area contributed by atoms with Gasteiger partial charge in [0.15, 0.2) is 0 Å². The fraction of sp³-hybridized carbons (Fsp3) is 0.688. The molecule has 1 unspecified atom stereocenters. The molecule has 114 valence electrons. The summed E-state index contributed by atoms with van der Waals surface area (Å²) in [5.74, 6) is 0.279. The lowest BCUT2D eigenvalue weighted by molar-refractivity contribution is -0.148. The van der Waals surface area contributed by atoms with Gasteiger partial charge >= 0.3 is 5.97 Å². The number of hydrogen-bond acceptors (Lipinski definition) is 4. The van der Waals surface area contributed by atoms with Crippen LogP contribution in [0.15, 0.2) is 6.33 Å². The first kappa shape index (κ1) is 14.3. The van der Waals surface area contributed by atoms with E-state index >= 15 is 0 Å². The maximum atomic E-state index is 11.5. The van der Waals surface area contributed by atoms with Crippen molar-refractivity contribution in [1.29, 1.82) is 0 Å². The Balaban J connectivity index is 1.92. The van der Waals surface area contributed by atoms with E-state index in [2.05, 4.69) is 14.9 Å². The Morgan fingerprint density at radius 1 is 1.24 bits per heavy atom. The van der Waals surface area contributed by atoms with E-state index in [0.29, 0.717) is 6.54 Å². The van der Waals surface area contributed by atoms with Gasteiger partial charge in [0.2, 0.25) is 0 Å². The van der Waals surface area contributed by atoms with Gasteiger partial charge in [-0.2, -0.15) is 0 Å². The van der Waals surface area contributed by atoms with Gasteiger partial charge in [-0.3, -0.25) is 4.79 Å². The molecule has 0 radical (unpaired) electrons. The van der Waals surface area contributed by atoms with Crippen LogP contribution in [-0.4, -0.2) is 34.1 Å². The summed E-state index contributed by atoms with van der Waals surface area (Å²) in [6.07, 6.45) is 8.94. The third kappa shape index (κ3) is 2.74. The molecule has 0 aromatic carbocycles. The number of nitrogens with zero attached hydrogens (tertiary/aromatic N) is 3. The molecule has 3 rings (SSSR count). The summed E-state index contributed by atoms with van der Waals surface area (Å²) in [5, 5.41) is 9.49. The number of aryl methyl sites for hydroxylation is 1. The van der Waals surface area contributed by atoms with Crippen molar-refractivity contribution in [1.82, 2.24) is 9.97 Å². The van der Waals surface area contributed by atoms with Gasteiger partial charge < -0.3 is 10.0 Å². The number of carbonyl (C=O) groups is 1. The lowest BCUT2D eigenvalue weighted by Crippen LogP contribution is -2.46. The summed E-state index contributed by atoms with van der Waals surface area (Å²) in [7, 11) is 0. The molecular formula is C16H23N3O2. The van der Waals surface area contributed by atoms with E-state index in [4.69, 9.17) is 0 Å². The van der Waals surface area contributed by atoms with Crippen LogP contribution in [0.2, 0.25) is 0 Å². The van der Waals surface area contributed by atoms with Crippen molar-refractivity contribution in [2.75, 3.05) is 18.0 Å². The van der Waals surface area contributed by atoms with Crippen LogP contribution in [0.1, 0.15) is 50.3 Å². The minimum atomic E-state index is -0.702. The summed E-state index contributed by atoms with van der Waals surface area (Å²) < 4.78 is 0. The summed E-state index contributed by atoms with van der Waals surface area (Å²) in [4.78, 5) is 22.7. The molecule has 0 spiro atoms. The van der Waals surface area contributed by atoms with Crippen LogP contribution in [0, 0.1) is 5.41 Å². The van der Waals surface area contributed by atoms with E-state index in [9.17, 15) is 9.90 Å². The number of rotatable bonds is 2. The van der Waals surface area contributed by atoms with Crippen molar-refractivity contribution < 1.29 is 9.90 Å². The van der Waals surface area contributed by atoms with Crippen molar-refractivity contribution in [3.63, 3.8) is 0 Å². The lowest BCUT2D eigenvalue weighted by atomic mass is 9.82. The SMILES string of the molecule is CC1(C(=O)O)CCCN(c2ncnc3c2CCCCC3)C1. The summed E-state index contributed by atoms with van der Waals surface area (Å²) in [5.41, 5.74) is 1.76. The van der Waals surface area contributed by atoms with Crippen molar-refractivity contribution in [2.45, 2.75) is 51.9 Å². The molecule has 1 aliphatic heterocycles.